The lowest BCUT2D eigenvalue weighted by Crippen LogP contribution is -2.29. The molecule has 1 saturated heterocycles. The van der Waals surface area contributed by atoms with Crippen molar-refractivity contribution in [3.63, 3.8) is 0 Å². The van der Waals surface area contributed by atoms with Gasteiger partial charge in [-0.05, 0) is 36.4 Å². The van der Waals surface area contributed by atoms with Crippen LogP contribution in [0.2, 0.25) is 0 Å². The second-order valence-electron chi connectivity index (χ2n) is 4.83. The van der Waals surface area contributed by atoms with E-state index in [0.29, 0.717) is 30.0 Å². The molecule has 19 heavy (non-hydrogen) atoms. The summed E-state index contributed by atoms with van der Waals surface area (Å²) in [5.41, 5.74) is 1.10. The van der Waals surface area contributed by atoms with Crippen LogP contribution in [0.15, 0.2) is 18.2 Å². The molecular formula is C14H18FNO2S. The number of benzene rings is 1. The largest absolute Gasteiger partial charge is 0.396 e. The number of likely N-dealkylation sites (tertiary alicyclic amines) is 1. The van der Waals surface area contributed by atoms with Crippen molar-refractivity contribution in [1.29, 1.82) is 0 Å². The van der Waals surface area contributed by atoms with Crippen LogP contribution in [0.4, 0.5) is 4.39 Å². The van der Waals surface area contributed by atoms with Crippen molar-refractivity contribution in [3.8, 4) is 0 Å². The van der Waals surface area contributed by atoms with E-state index in [1.54, 1.807) is 11.0 Å². The lowest BCUT2D eigenvalue weighted by molar-refractivity contribution is 0.0781. The summed E-state index contributed by atoms with van der Waals surface area (Å²) in [6, 6.07) is 4.53. The first-order valence-corrected chi connectivity index (χ1v) is 7.72. The van der Waals surface area contributed by atoms with E-state index in [0.717, 1.165) is 6.42 Å². The van der Waals surface area contributed by atoms with E-state index in [2.05, 4.69) is 0 Å². The van der Waals surface area contributed by atoms with E-state index in [4.69, 9.17) is 5.11 Å². The number of aliphatic hydroxyl groups excluding tert-OH is 1. The van der Waals surface area contributed by atoms with Gasteiger partial charge in [0.25, 0.3) is 5.91 Å². The fraction of sp³-hybridized carbons (Fsp3) is 0.500. The fourth-order valence-electron chi connectivity index (χ4n) is 2.32. The highest BCUT2D eigenvalue weighted by Gasteiger charge is 2.26. The number of carbonyl (C=O) groups excluding carboxylic acids is 1. The van der Waals surface area contributed by atoms with Gasteiger partial charge in [0.1, 0.15) is 5.82 Å². The van der Waals surface area contributed by atoms with Crippen molar-refractivity contribution in [2.24, 2.45) is 5.92 Å². The molecule has 0 radical (unpaired) electrons. The highest BCUT2D eigenvalue weighted by Crippen LogP contribution is 2.21. The van der Waals surface area contributed by atoms with Crippen molar-refractivity contribution in [3.05, 3.63) is 35.1 Å². The van der Waals surface area contributed by atoms with E-state index in [1.807, 2.05) is 6.26 Å². The van der Waals surface area contributed by atoms with Gasteiger partial charge in [-0.2, -0.15) is 11.8 Å². The Hall–Kier alpha value is -1.07. The van der Waals surface area contributed by atoms with Gasteiger partial charge in [0.2, 0.25) is 0 Å². The number of thioether (sulfide) groups is 1. The van der Waals surface area contributed by atoms with Gasteiger partial charge < -0.3 is 10.0 Å². The molecule has 2 rings (SSSR count). The van der Waals surface area contributed by atoms with Crippen molar-refractivity contribution < 1.29 is 14.3 Å². The van der Waals surface area contributed by atoms with Gasteiger partial charge in [-0.3, -0.25) is 4.79 Å². The zero-order valence-electron chi connectivity index (χ0n) is 10.9. The molecule has 1 unspecified atom stereocenters. The van der Waals surface area contributed by atoms with E-state index < -0.39 is 0 Å². The quantitative estimate of drug-likeness (QED) is 0.920. The summed E-state index contributed by atoms with van der Waals surface area (Å²) in [5.74, 6) is 0.403. The molecule has 1 aromatic carbocycles. The molecule has 1 N–H and O–H groups in total. The zero-order chi connectivity index (χ0) is 13.8. The Labute approximate surface area is 116 Å². The molecule has 0 spiro atoms. The summed E-state index contributed by atoms with van der Waals surface area (Å²) in [4.78, 5) is 14.0. The summed E-state index contributed by atoms with van der Waals surface area (Å²) in [5, 5.41) is 9.10. The summed E-state index contributed by atoms with van der Waals surface area (Å²) >= 11 is 1.53. The number of hydrogen-bond donors (Lipinski definition) is 1. The number of amides is 1. The number of rotatable bonds is 4. The Morgan fingerprint density at radius 1 is 1.58 bits per heavy atom. The van der Waals surface area contributed by atoms with Crippen LogP contribution in [0.5, 0.6) is 0 Å². The molecule has 0 saturated carbocycles. The zero-order valence-corrected chi connectivity index (χ0v) is 11.8. The van der Waals surface area contributed by atoms with Crippen molar-refractivity contribution in [2.45, 2.75) is 12.2 Å². The van der Waals surface area contributed by atoms with Crippen LogP contribution in [0.3, 0.4) is 0 Å². The third-order valence-electron chi connectivity index (χ3n) is 3.42. The first-order chi connectivity index (χ1) is 9.15. The molecular weight excluding hydrogens is 265 g/mol. The number of nitrogens with zero attached hydrogens (tertiary/aromatic N) is 1. The second-order valence-corrected chi connectivity index (χ2v) is 5.69. The molecule has 1 amide bonds. The number of hydrogen-bond acceptors (Lipinski definition) is 3. The van der Waals surface area contributed by atoms with Crippen molar-refractivity contribution >= 4 is 17.7 Å². The maximum atomic E-state index is 13.5. The van der Waals surface area contributed by atoms with E-state index in [9.17, 15) is 9.18 Å². The minimum absolute atomic E-state index is 0.0710. The molecule has 104 valence electrons. The Balaban J connectivity index is 2.13. The molecule has 1 aliphatic rings. The molecule has 1 fully saturated rings. The van der Waals surface area contributed by atoms with Crippen LogP contribution in [-0.4, -0.2) is 41.9 Å². The fourth-order valence-corrected chi connectivity index (χ4v) is 2.85. The highest BCUT2D eigenvalue weighted by atomic mass is 32.2. The van der Waals surface area contributed by atoms with Crippen molar-refractivity contribution in [2.75, 3.05) is 26.0 Å². The molecule has 0 aliphatic carbocycles. The van der Waals surface area contributed by atoms with Crippen LogP contribution in [0.1, 0.15) is 22.3 Å². The van der Waals surface area contributed by atoms with Gasteiger partial charge in [0.15, 0.2) is 0 Å². The summed E-state index contributed by atoms with van der Waals surface area (Å²) in [6.07, 6.45) is 2.74. The van der Waals surface area contributed by atoms with Crippen molar-refractivity contribution in [1.82, 2.24) is 4.90 Å². The smallest absolute Gasteiger partial charge is 0.253 e. The van der Waals surface area contributed by atoms with Gasteiger partial charge in [-0.25, -0.2) is 4.39 Å². The minimum Gasteiger partial charge on any atom is -0.396 e. The predicted molar refractivity (Wildman–Crippen MR) is 74.7 cm³/mol. The molecule has 0 bridgehead atoms. The minimum atomic E-state index is -0.263. The van der Waals surface area contributed by atoms with Gasteiger partial charge in [0, 0.05) is 36.9 Å². The lowest BCUT2D eigenvalue weighted by Gasteiger charge is -2.16. The van der Waals surface area contributed by atoms with Gasteiger partial charge >= 0.3 is 0 Å². The van der Waals surface area contributed by atoms with Crippen LogP contribution in [0, 0.1) is 11.7 Å². The monoisotopic (exact) mass is 283 g/mol. The Bertz CT molecular complexity index is 467. The predicted octanol–water partition coefficient (Wildman–Crippen LogP) is 2.14. The first-order valence-electron chi connectivity index (χ1n) is 6.33. The summed E-state index contributed by atoms with van der Waals surface area (Å²) < 4.78 is 13.5. The SMILES string of the molecule is CSCc1cc(C(=O)N2CCC(CO)C2)ccc1F. The average Bonchev–Trinajstić information content (AvgIpc) is 2.89. The average molecular weight is 283 g/mol. The number of carbonyl (C=O) groups is 1. The third kappa shape index (κ3) is 3.28. The number of aliphatic hydroxyl groups is 1. The maximum absolute atomic E-state index is 13.5. The van der Waals surface area contributed by atoms with Gasteiger partial charge in [0.05, 0.1) is 0 Å². The van der Waals surface area contributed by atoms with Crippen LogP contribution >= 0.6 is 11.8 Å². The summed E-state index contributed by atoms with van der Waals surface area (Å²) in [6.45, 7) is 1.37. The molecule has 1 aliphatic heterocycles. The molecule has 5 heteroatoms. The number of halogens is 1. The molecule has 0 aromatic heterocycles. The molecule has 1 atom stereocenters. The topological polar surface area (TPSA) is 40.5 Å². The Kier molecular flexibility index (Phi) is 4.82. The van der Waals surface area contributed by atoms with Crippen LogP contribution in [0.25, 0.3) is 0 Å². The Morgan fingerprint density at radius 3 is 3.00 bits per heavy atom. The van der Waals surface area contributed by atoms with E-state index in [1.165, 1.54) is 23.9 Å². The van der Waals surface area contributed by atoms with E-state index >= 15 is 0 Å². The molecule has 3 nitrogen and oxygen atoms in total. The first kappa shape index (κ1) is 14.3. The highest BCUT2D eigenvalue weighted by molar-refractivity contribution is 7.97. The lowest BCUT2D eigenvalue weighted by atomic mass is 10.1. The third-order valence-corrected chi connectivity index (χ3v) is 4.02. The normalized spacial score (nSPS) is 18.9. The second kappa shape index (κ2) is 6.39. The van der Waals surface area contributed by atoms with Crippen LogP contribution in [-0.2, 0) is 5.75 Å². The van der Waals surface area contributed by atoms with Crippen LogP contribution < -0.4 is 0 Å². The molecule has 1 aromatic rings. The summed E-state index contributed by atoms with van der Waals surface area (Å²) in [7, 11) is 0. The van der Waals surface area contributed by atoms with Gasteiger partial charge in [-0.15, -0.1) is 0 Å². The van der Waals surface area contributed by atoms with E-state index in [-0.39, 0.29) is 24.2 Å². The Morgan fingerprint density at radius 2 is 2.37 bits per heavy atom. The van der Waals surface area contributed by atoms with Gasteiger partial charge in [-0.1, -0.05) is 0 Å². The standard InChI is InChI=1S/C14H18FNO2S/c1-19-9-12-6-11(2-3-13(12)15)14(18)16-5-4-10(7-16)8-17/h2-3,6,10,17H,4-5,7-9H2,1H3. The maximum Gasteiger partial charge on any atom is 0.253 e. The molecule has 1 heterocycles.